The van der Waals surface area contributed by atoms with Gasteiger partial charge in [-0.2, -0.15) is 0 Å². The van der Waals surface area contributed by atoms with Crippen molar-refractivity contribution in [1.82, 2.24) is 5.32 Å². The van der Waals surface area contributed by atoms with Crippen LogP contribution in [0.3, 0.4) is 0 Å². The third kappa shape index (κ3) is 2.44. The van der Waals surface area contributed by atoms with Crippen LogP contribution in [0.1, 0.15) is 18.0 Å². The fraction of sp³-hybridized carbons (Fsp3) is 0.571. The highest BCUT2D eigenvalue weighted by atomic mass is 16.5. The molecule has 1 saturated heterocycles. The molecule has 1 N–H and O–H groups in total. The Bertz CT molecular complexity index is 389. The van der Waals surface area contributed by atoms with Gasteiger partial charge in [0.1, 0.15) is 0 Å². The number of benzene rings is 1. The van der Waals surface area contributed by atoms with Crippen LogP contribution in [-0.2, 0) is 4.74 Å². The predicted molar refractivity (Wildman–Crippen MR) is 70.3 cm³/mol. The van der Waals surface area contributed by atoms with Crippen molar-refractivity contribution in [3.8, 4) is 11.5 Å². The molecular formula is C14H21NO3. The maximum Gasteiger partial charge on any atom is 0.165 e. The molecule has 0 radical (unpaired) electrons. The molecule has 18 heavy (non-hydrogen) atoms. The summed E-state index contributed by atoms with van der Waals surface area (Å²) in [6, 6.07) is 6.23. The molecule has 0 spiro atoms. The van der Waals surface area contributed by atoms with Gasteiger partial charge < -0.3 is 19.5 Å². The summed E-state index contributed by atoms with van der Waals surface area (Å²) >= 11 is 0. The fourth-order valence-corrected chi connectivity index (χ4v) is 2.62. The molecule has 4 heteroatoms. The third-order valence-electron chi connectivity index (χ3n) is 3.52. The van der Waals surface area contributed by atoms with Gasteiger partial charge in [0, 0.05) is 24.1 Å². The summed E-state index contributed by atoms with van der Waals surface area (Å²) in [5.74, 6) is 2.07. The van der Waals surface area contributed by atoms with Crippen LogP contribution in [0.2, 0.25) is 0 Å². The van der Waals surface area contributed by atoms with Crippen LogP contribution >= 0.6 is 0 Å². The summed E-state index contributed by atoms with van der Waals surface area (Å²) in [7, 11) is 5.32. The first-order valence-electron chi connectivity index (χ1n) is 6.27. The van der Waals surface area contributed by atoms with E-state index in [0.717, 1.165) is 36.7 Å². The molecule has 1 fully saturated rings. The van der Waals surface area contributed by atoms with E-state index >= 15 is 0 Å². The molecule has 1 aliphatic heterocycles. The Morgan fingerprint density at radius 3 is 2.72 bits per heavy atom. The predicted octanol–water partition coefficient (Wildman–Crippen LogP) is 2.00. The van der Waals surface area contributed by atoms with Crippen LogP contribution in [0.4, 0.5) is 0 Å². The van der Waals surface area contributed by atoms with Crippen molar-refractivity contribution in [2.45, 2.75) is 12.5 Å². The minimum Gasteiger partial charge on any atom is -0.493 e. The molecule has 1 aromatic rings. The molecule has 4 nitrogen and oxygen atoms in total. The molecule has 2 unspecified atom stereocenters. The highest BCUT2D eigenvalue weighted by Gasteiger charge is 2.28. The molecule has 0 saturated carbocycles. The monoisotopic (exact) mass is 251 g/mol. The Morgan fingerprint density at radius 1 is 1.33 bits per heavy atom. The maximum atomic E-state index is 5.50. The van der Waals surface area contributed by atoms with Crippen LogP contribution in [0.5, 0.6) is 11.5 Å². The second kappa shape index (κ2) is 6.07. The number of methoxy groups -OCH3 is 2. The van der Waals surface area contributed by atoms with E-state index in [-0.39, 0.29) is 6.04 Å². The first kappa shape index (κ1) is 13.2. The van der Waals surface area contributed by atoms with Crippen molar-refractivity contribution in [2.24, 2.45) is 5.92 Å². The lowest BCUT2D eigenvalue weighted by Crippen LogP contribution is -2.26. The van der Waals surface area contributed by atoms with Gasteiger partial charge in [0.15, 0.2) is 11.5 Å². The van der Waals surface area contributed by atoms with E-state index in [1.165, 1.54) is 0 Å². The molecule has 0 amide bonds. The van der Waals surface area contributed by atoms with Crippen LogP contribution in [0.25, 0.3) is 0 Å². The van der Waals surface area contributed by atoms with Gasteiger partial charge in [0.05, 0.1) is 20.8 Å². The van der Waals surface area contributed by atoms with Crippen molar-refractivity contribution < 1.29 is 14.2 Å². The lowest BCUT2D eigenvalue weighted by Gasteiger charge is -2.25. The summed E-state index contributed by atoms with van der Waals surface area (Å²) in [5.41, 5.74) is 1.13. The molecule has 1 aromatic carbocycles. The zero-order valence-corrected chi connectivity index (χ0v) is 11.2. The SMILES string of the molecule is CNC(c1cccc(OC)c1OC)C1CCOC1. The Morgan fingerprint density at radius 2 is 2.17 bits per heavy atom. The van der Waals surface area contributed by atoms with E-state index < -0.39 is 0 Å². The lowest BCUT2D eigenvalue weighted by molar-refractivity contribution is 0.177. The van der Waals surface area contributed by atoms with Crippen molar-refractivity contribution in [3.63, 3.8) is 0 Å². The Balaban J connectivity index is 2.34. The van der Waals surface area contributed by atoms with Crippen molar-refractivity contribution >= 4 is 0 Å². The van der Waals surface area contributed by atoms with Crippen molar-refractivity contribution in [1.29, 1.82) is 0 Å². The molecule has 1 heterocycles. The van der Waals surface area contributed by atoms with Crippen LogP contribution in [0, 0.1) is 5.92 Å². The number of hydrogen-bond acceptors (Lipinski definition) is 4. The van der Waals surface area contributed by atoms with Gasteiger partial charge in [-0.15, -0.1) is 0 Å². The van der Waals surface area contributed by atoms with E-state index in [9.17, 15) is 0 Å². The summed E-state index contributed by atoms with van der Waals surface area (Å²) in [5, 5.41) is 3.37. The normalized spacial score (nSPS) is 20.7. The standard InChI is InChI=1S/C14H21NO3/c1-15-13(10-7-8-18-9-10)11-5-4-6-12(16-2)14(11)17-3/h4-6,10,13,15H,7-9H2,1-3H3. The van der Waals surface area contributed by atoms with Crippen molar-refractivity contribution in [3.05, 3.63) is 23.8 Å². The number of para-hydroxylation sites is 1. The van der Waals surface area contributed by atoms with Gasteiger partial charge in [0.25, 0.3) is 0 Å². The van der Waals surface area contributed by atoms with E-state index in [0.29, 0.717) is 5.92 Å². The topological polar surface area (TPSA) is 39.7 Å². The van der Waals surface area contributed by atoms with Gasteiger partial charge in [0.2, 0.25) is 0 Å². The lowest BCUT2D eigenvalue weighted by atomic mass is 9.91. The summed E-state index contributed by atoms with van der Waals surface area (Å²) in [6.07, 6.45) is 1.08. The van der Waals surface area contributed by atoms with Gasteiger partial charge in [-0.3, -0.25) is 0 Å². The summed E-state index contributed by atoms with van der Waals surface area (Å²) in [6.45, 7) is 1.64. The largest absolute Gasteiger partial charge is 0.493 e. The molecule has 0 bridgehead atoms. The molecule has 2 atom stereocenters. The van der Waals surface area contributed by atoms with Crippen molar-refractivity contribution in [2.75, 3.05) is 34.5 Å². The molecular weight excluding hydrogens is 230 g/mol. The molecule has 100 valence electrons. The molecule has 2 rings (SSSR count). The number of hydrogen-bond donors (Lipinski definition) is 1. The third-order valence-corrected chi connectivity index (χ3v) is 3.52. The minimum absolute atomic E-state index is 0.234. The first-order valence-corrected chi connectivity index (χ1v) is 6.27. The average molecular weight is 251 g/mol. The zero-order chi connectivity index (χ0) is 13.0. The van der Waals surface area contributed by atoms with Gasteiger partial charge >= 0.3 is 0 Å². The van der Waals surface area contributed by atoms with E-state index in [2.05, 4.69) is 11.4 Å². The van der Waals surface area contributed by atoms with E-state index in [1.807, 2.05) is 19.2 Å². The fourth-order valence-electron chi connectivity index (χ4n) is 2.62. The second-order valence-electron chi connectivity index (χ2n) is 4.47. The average Bonchev–Trinajstić information content (AvgIpc) is 2.93. The van der Waals surface area contributed by atoms with E-state index in [1.54, 1.807) is 14.2 Å². The van der Waals surface area contributed by atoms with Crippen LogP contribution < -0.4 is 14.8 Å². The maximum absolute atomic E-state index is 5.50. The minimum atomic E-state index is 0.234. The number of rotatable bonds is 5. The zero-order valence-electron chi connectivity index (χ0n) is 11.2. The highest BCUT2D eigenvalue weighted by Crippen LogP contribution is 2.39. The van der Waals surface area contributed by atoms with Gasteiger partial charge in [-0.05, 0) is 19.5 Å². The van der Waals surface area contributed by atoms with Crippen LogP contribution in [0.15, 0.2) is 18.2 Å². The summed E-state index contributed by atoms with van der Waals surface area (Å²) in [4.78, 5) is 0. The highest BCUT2D eigenvalue weighted by molar-refractivity contribution is 5.48. The van der Waals surface area contributed by atoms with Gasteiger partial charge in [-0.1, -0.05) is 12.1 Å². The quantitative estimate of drug-likeness (QED) is 0.869. The Hall–Kier alpha value is -1.26. The number of nitrogens with one attached hydrogen (secondary N) is 1. The molecule has 1 aliphatic rings. The summed E-state index contributed by atoms with van der Waals surface area (Å²) < 4.78 is 16.3. The Labute approximate surface area is 108 Å². The van der Waals surface area contributed by atoms with Gasteiger partial charge in [-0.25, -0.2) is 0 Å². The Kier molecular flexibility index (Phi) is 4.44. The smallest absolute Gasteiger partial charge is 0.165 e. The van der Waals surface area contributed by atoms with E-state index in [4.69, 9.17) is 14.2 Å². The number of ether oxygens (including phenoxy) is 3. The molecule has 0 aliphatic carbocycles. The first-order chi connectivity index (χ1) is 8.81. The second-order valence-corrected chi connectivity index (χ2v) is 4.47. The molecule has 0 aromatic heterocycles. The van der Waals surface area contributed by atoms with Crippen LogP contribution in [-0.4, -0.2) is 34.5 Å².